The highest BCUT2D eigenvalue weighted by Crippen LogP contribution is 2.31. The molecule has 0 aliphatic carbocycles. The van der Waals surface area contributed by atoms with E-state index in [1.807, 2.05) is 11.0 Å². The molecule has 6 nitrogen and oxygen atoms in total. The molecule has 0 unspecified atom stereocenters. The smallest absolute Gasteiger partial charge is 0.236 e. The first-order chi connectivity index (χ1) is 10.3. The second-order valence-corrected chi connectivity index (χ2v) is 7.83. The first kappa shape index (κ1) is 17.3. The van der Waals surface area contributed by atoms with E-state index in [2.05, 4.69) is 10.0 Å². The highest BCUT2D eigenvalue weighted by atomic mass is 35.5. The zero-order valence-electron chi connectivity index (χ0n) is 12.0. The van der Waals surface area contributed by atoms with Crippen LogP contribution in [0.3, 0.4) is 0 Å². The molecule has 1 aromatic carbocycles. The quantitative estimate of drug-likeness (QED) is 0.822. The Morgan fingerprint density at radius 2 is 2.14 bits per heavy atom. The van der Waals surface area contributed by atoms with Crippen molar-refractivity contribution in [3.05, 3.63) is 28.2 Å². The highest BCUT2D eigenvalue weighted by Gasteiger charge is 2.26. The van der Waals surface area contributed by atoms with E-state index >= 15 is 0 Å². The van der Waals surface area contributed by atoms with E-state index in [1.54, 1.807) is 12.1 Å². The molecule has 9 heteroatoms. The van der Waals surface area contributed by atoms with E-state index in [9.17, 15) is 13.2 Å². The Kier molecular flexibility index (Phi) is 5.55. The molecule has 0 saturated carbocycles. The van der Waals surface area contributed by atoms with Crippen LogP contribution in [0.4, 0.5) is 5.69 Å². The van der Waals surface area contributed by atoms with E-state index in [-0.39, 0.29) is 6.04 Å². The molecule has 0 aromatic heterocycles. The van der Waals surface area contributed by atoms with Crippen LogP contribution in [0.1, 0.15) is 6.42 Å². The molecule has 0 radical (unpaired) electrons. The number of carbonyl (C=O) groups excluding carboxylic acids is 1. The van der Waals surface area contributed by atoms with E-state index in [1.165, 1.54) is 7.05 Å². The van der Waals surface area contributed by atoms with E-state index in [0.717, 1.165) is 18.7 Å². The molecule has 1 amide bonds. The Labute approximate surface area is 139 Å². The van der Waals surface area contributed by atoms with Crippen molar-refractivity contribution in [2.24, 2.45) is 0 Å². The minimum atomic E-state index is -3.55. The summed E-state index contributed by atoms with van der Waals surface area (Å²) in [5.41, 5.74) is 0.852. The number of rotatable bonds is 5. The fourth-order valence-corrected chi connectivity index (χ4v) is 3.45. The Balaban J connectivity index is 1.94. The number of carbonyl (C=O) groups is 1. The summed E-state index contributed by atoms with van der Waals surface area (Å²) in [6.07, 6.45) is 0.726. The molecule has 1 aliphatic heterocycles. The molecule has 22 heavy (non-hydrogen) atoms. The van der Waals surface area contributed by atoms with Gasteiger partial charge in [0.1, 0.15) is 5.75 Å². The highest BCUT2D eigenvalue weighted by molar-refractivity contribution is 7.90. The maximum Gasteiger partial charge on any atom is 0.236 e. The summed E-state index contributed by atoms with van der Waals surface area (Å²) in [6, 6.07) is 5.16. The van der Waals surface area contributed by atoms with Crippen molar-refractivity contribution in [3.63, 3.8) is 0 Å². The van der Waals surface area contributed by atoms with Gasteiger partial charge in [-0.3, -0.25) is 4.79 Å². The van der Waals surface area contributed by atoms with Gasteiger partial charge in [-0.1, -0.05) is 23.2 Å². The monoisotopic (exact) mass is 365 g/mol. The molecular weight excluding hydrogens is 349 g/mol. The number of sulfonamides is 1. The largest absolute Gasteiger partial charge is 0.368 e. The molecule has 122 valence electrons. The normalized spacial score (nSPS) is 18.5. The lowest BCUT2D eigenvalue weighted by Crippen LogP contribution is -2.41. The molecule has 2 rings (SSSR count). The van der Waals surface area contributed by atoms with Crippen molar-refractivity contribution in [2.75, 3.05) is 30.8 Å². The van der Waals surface area contributed by atoms with Crippen molar-refractivity contribution < 1.29 is 13.2 Å². The van der Waals surface area contributed by atoms with E-state index < -0.39 is 21.7 Å². The molecule has 1 atom stereocenters. The first-order valence-corrected chi connectivity index (χ1v) is 9.12. The summed E-state index contributed by atoms with van der Waals surface area (Å²) >= 11 is 12.0. The van der Waals surface area contributed by atoms with Gasteiger partial charge in [0.2, 0.25) is 15.9 Å². The first-order valence-electron chi connectivity index (χ1n) is 6.71. The van der Waals surface area contributed by atoms with E-state index in [4.69, 9.17) is 23.2 Å². The Hall–Kier alpha value is -1.02. The van der Waals surface area contributed by atoms with Crippen LogP contribution >= 0.6 is 23.2 Å². The molecule has 0 spiro atoms. The average Bonchev–Trinajstić information content (AvgIpc) is 2.86. The summed E-state index contributed by atoms with van der Waals surface area (Å²) in [7, 11) is -2.27. The Bertz CT molecular complexity index is 666. The zero-order valence-corrected chi connectivity index (χ0v) is 14.3. The molecule has 2 N–H and O–H groups in total. The van der Waals surface area contributed by atoms with Gasteiger partial charge < -0.3 is 10.2 Å². The summed E-state index contributed by atoms with van der Waals surface area (Å²) in [5, 5.41) is 3.85. The summed E-state index contributed by atoms with van der Waals surface area (Å²) < 4.78 is 24.8. The van der Waals surface area contributed by atoms with Gasteiger partial charge in [-0.25, -0.2) is 13.1 Å². The summed E-state index contributed by atoms with van der Waals surface area (Å²) in [4.78, 5) is 13.8. The van der Waals surface area contributed by atoms with Crippen molar-refractivity contribution >= 4 is 44.8 Å². The number of benzene rings is 1. The minimum Gasteiger partial charge on any atom is -0.368 e. The zero-order chi connectivity index (χ0) is 16.3. The molecule has 0 bridgehead atoms. The van der Waals surface area contributed by atoms with Crippen molar-refractivity contribution in [2.45, 2.75) is 12.5 Å². The van der Waals surface area contributed by atoms with Gasteiger partial charge in [0.05, 0.1) is 10.7 Å². The van der Waals surface area contributed by atoms with Crippen molar-refractivity contribution in [1.29, 1.82) is 0 Å². The van der Waals surface area contributed by atoms with Gasteiger partial charge in [-0.05, 0) is 31.7 Å². The third kappa shape index (κ3) is 4.49. The molecule has 1 heterocycles. The Morgan fingerprint density at radius 1 is 1.41 bits per heavy atom. The van der Waals surface area contributed by atoms with Crippen LogP contribution in [0.5, 0.6) is 0 Å². The molecular formula is C13H17Cl2N3O3S. The van der Waals surface area contributed by atoms with Gasteiger partial charge in [0, 0.05) is 24.2 Å². The van der Waals surface area contributed by atoms with Gasteiger partial charge in [0.25, 0.3) is 0 Å². The lowest BCUT2D eigenvalue weighted by molar-refractivity contribution is -0.119. The predicted molar refractivity (Wildman–Crippen MR) is 88.1 cm³/mol. The minimum absolute atomic E-state index is 0.105. The number of hydrogen-bond acceptors (Lipinski definition) is 4. The third-order valence-electron chi connectivity index (χ3n) is 3.44. The number of hydrogen-bond donors (Lipinski definition) is 2. The topological polar surface area (TPSA) is 78.5 Å². The van der Waals surface area contributed by atoms with Crippen LogP contribution in [-0.4, -0.2) is 46.3 Å². The number of amides is 1. The maximum absolute atomic E-state index is 11.7. The molecule has 1 aromatic rings. The third-order valence-corrected chi connectivity index (χ3v) is 5.24. The van der Waals surface area contributed by atoms with Crippen LogP contribution in [-0.2, 0) is 14.8 Å². The number of nitrogens with zero attached hydrogens (tertiary/aromatic N) is 1. The van der Waals surface area contributed by atoms with Crippen LogP contribution in [0.15, 0.2) is 18.2 Å². The molecule has 1 aliphatic rings. The van der Waals surface area contributed by atoms with Gasteiger partial charge in [-0.2, -0.15) is 0 Å². The van der Waals surface area contributed by atoms with E-state index in [0.29, 0.717) is 16.6 Å². The molecule has 1 saturated heterocycles. The number of anilines is 1. The number of nitrogens with one attached hydrogen (secondary N) is 2. The summed E-state index contributed by atoms with van der Waals surface area (Å²) in [6.45, 7) is 1.30. The fraction of sp³-hybridized carbons (Fsp3) is 0.462. The van der Waals surface area contributed by atoms with Gasteiger partial charge in [-0.15, -0.1) is 0 Å². The van der Waals surface area contributed by atoms with Crippen LogP contribution in [0, 0.1) is 0 Å². The van der Waals surface area contributed by atoms with Crippen molar-refractivity contribution in [1.82, 2.24) is 10.0 Å². The lowest BCUT2D eigenvalue weighted by Gasteiger charge is -2.20. The predicted octanol–water partition coefficient (Wildman–Crippen LogP) is 1.24. The average molecular weight is 366 g/mol. The van der Waals surface area contributed by atoms with Crippen LogP contribution < -0.4 is 14.9 Å². The molecule has 1 fully saturated rings. The second kappa shape index (κ2) is 7.04. The lowest BCUT2D eigenvalue weighted by atomic mass is 10.2. The maximum atomic E-state index is 11.7. The van der Waals surface area contributed by atoms with Gasteiger partial charge in [0.15, 0.2) is 0 Å². The van der Waals surface area contributed by atoms with Crippen LogP contribution in [0.2, 0.25) is 10.0 Å². The SMILES string of the molecule is CNS(=O)(=O)CC(=O)N[C@H]1CCN(c2ccc(Cl)cc2Cl)C1. The Morgan fingerprint density at radius 3 is 2.77 bits per heavy atom. The summed E-state index contributed by atoms with van der Waals surface area (Å²) in [5.74, 6) is -1.08. The van der Waals surface area contributed by atoms with Gasteiger partial charge >= 0.3 is 0 Å². The van der Waals surface area contributed by atoms with Crippen molar-refractivity contribution in [3.8, 4) is 0 Å². The van der Waals surface area contributed by atoms with Crippen LogP contribution in [0.25, 0.3) is 0 Å². The fourth-order valence-electron chi connectivity index (χ4n) is 2.35. The number of halogens is 2. The standard InChI is InChI=1S/C13H17Cl2N3O3S/c1-16-22(20,21)8-13(19)17-10-4-5-18(7-10)12-3-2-9(14)6-11(12)15/h2-3,6,10,16H,4-5,7-8H2,1H3,(H,17,19)/t10-/m0/s1. The second-order valence-electron chi connectivity index (χ2n) is 5.06.